The molecule has 0 bridgehead atoms. The number of fused-ring (bicyclic) bond motifs is 7. The average Bonchev–Trinajstić information content (AvgIpc) is 2.73. The van der Waals surface area contributed by atoms with E-state index in [1.165, 1.54) is 0 Å². The molecule has 0 amide bonds. The Morgan fingerprint density at radius 2 is 1.15 bits per heavy atom. The summed E-state index contributed by atoms with van der Waals surface area (Å²) >= 11 is 6.99. The molecule has 27 heavy (non-hydrogen) atoms. The van der Waals surface area contributed by atoms with Gasteiger partial charge >= 0.3 is 7.82 Å². The van der Waals surface area contributed by atoms with E-state index in [9.17, 15) is 9.46 Å². The molecule has 0 fully saturated rings. The lowest BCUT2D eigenvalue weighted by atomic mass is 9.92. The maximum Gasteiger partial charge on any atom is 0.584 e. The first-order valence-electron chi connectivity index (χ1n) is 8.08. The first kappa shape index (κ1) is 17.3. The topological polar surface area (TPSA) is 55.8 Å². The molecule has 0 saturated carbocycles. The third-order valence-electron chi connectivity index (χ3n) is 4.56. The summed E-state index contributed by atoms with van der Waals surface area (Å²) in [6, 6.07) is 19.0. The number of hydrogen-bond acceptors (Lipinski definition) is 3. The first-order valence-corrected chi connectivity index (χ1v) is 11.2. The molecule has 0 aliphatic carbocycles. The van der Waals surface area contributed by atoms with E-state index < -0.39 is 7.82 Å². The van der Waals surface area contributed by atoms with Gasteiger partial charge in [0, 0.05) is 20.1 Å². The summed E-state index contributed by atoms with van der Waals surface area (Å²) in [4.78, 5) is 10.2. The number of halogens is 2. The Labute approximate surface area is 171 Å². The Morgan fingerprint density at radius 3 is 1.59 bits per heavy atom. The van der Waals surface area contributed by atoms with E-state index in [4.69, 9.17) is 9.05 Å². The van der Waals surface area contributed by atoms with Crippen molar-refractivity contribution in [3.8, 4) is 22.6 Å². The molecular weight excluding hydrogens is 495 g/mol. The van der Waals surface area contributed by atoms with Crippen molar-refractivity contribution in [2.45, 2.75) is 0 Å². The van der Waals surface area contributed by atoms with Crippen LogP contribution in [0.25, 0.3) is 32.7 Å². The lowest BCUT2D eigenvalue weighted by Gasteiger charge is -2.13. The SMILES string of the molecule is O=P1(O)Oc2ccc3cc(Br)ccc3c2-c2c(ccc3cc(Br)ccc23)O1. The van der Waals surface area contributed by atoms with E-state index in [1.54, 1.807) is 12.1 Å². The van der Waals surface area contributed by atoms with Crippen molar-refractivity contribution in [1.29, 1.82) is 0 Å². The molecule has 0 unspecified atom stereocenters. The Kier molecular flexibility index (Phi) is 3.89. The first-order chi connectivity index (χ1) is 12.9. The summed E-state index contributed by atoms with van der Waals surface area (Å²) in [7, 11) is -4.29. The van der Waals surface area contributed by atoms with E-state index in [-0.39, 0.29) is 0 Å². The molecule has 4 aromatic rings. The Morgan fingerprint density at radius 1 is 0.704 bits per heavy atom. The standard InChI is InChI=1S/C20H11Br2O4P/c21-13-3-5-15-11(9-13)1-7-17-19(15)20-16-6-4-14(22)10-12(16)2-8-18(20)26-27(23,24)25-17/h1-10H,(H,23,24). The van der Waals surface area contributed by atoms with E-state index in [1.807, 2.05) is 48.5 Å². The second kappa shape index (κ2) is 6.08. The van der Waals surface area contributed by atoms with Crippen LogP contribution in [0.15, 0.2) is 69.6 Å². The van der Waals surface area contributed by atoms with Crippen molar-refractivity contribution in [2.24, 2.45) is 0 Å². The minimum atomic E-state index is -4.29. The van der Waals surface area contributed by atoms with E-state index in [0.717, 1.165) is 41.6 Å². The lowest BCUT2D eigenvalue weighted by molar-refractivity contribution is 0.294. The third kappa shape index (κ3) is 2.88. The van der Waals surface area contributed by atoms with Crippen LogP contribution in [0, 0.1) is 0 Å². The zero-order valence-electron chi connectivity index (χ0n) is 13.6. The van der Waals surface area contributed by atoms with Gasteiger partial charge < -0.3 is 9.05 Å². The van der Waals surface area contributed by atoms with Crippen molar-refractivity contribution >= 4 is 61.2 Å². The van der Waals surface area contributed by atoms with Gasteiger partial charge in [-0.05, 0) is 57.9 Å². The van der Waals surface area contributed by atoms with Gasteiger partial charge in [0.2, 0.25) is 0 Å². The monoisotopic (exact) mass is 504 g/mol. The highest BCUT2D eigenvalue weighted by Crippen LogP contribution is 2.56. The molecule has 1 aliphatic heterocycles. The fourth-order valence-electron chi connectivity index (χ4n) is 3.50. The largest absolute Gasteiger partial charge is 0.584 e. The van der Waals surface area contributed by atoms with Gasteiger partial charge in [0.05, 0.1) is 0 Å². The van der Waals surface area contributed by atoms with Crippen LogP contribution in [0.2, 0.25) is 0 Å². The lowest BCUT2D eigenvalue weighted by Crippen LogP contribution is -1.97. The van der Waals surface area contributed by atoms with Crippen molar-refractivity contribution in [3.05, 3.63) is 69.6 Å². The van der Waals surface area contributed by atoms with Gasteiger partial charge in [-0.2, -0.15) is 0 Å². The number of rotatable bonds is 0. The normalized spacial score (nSPS) is 14.8. The van der Waals surface area contributed by atoms with Gasteiger partial charge in [-0.3, -0.25) is 4.89 Å². The molecule has 0 saturated heterocycles. The molecule has 1 aliphatic rings. The predicted molar refractivity (Wildman–Crippen MR) is 113 cm³/mol. The zero-order valence-corrected chi connectivity index (χ0v) is 17.7. The Bertz CT molecular complexity index is 1210. The van der Waals surface area contributed by atoms with E-state index in [2.05, 4.69) is 31.9 Å². The zero-order chi connectivity index (χ0) is 18.8. The molecule has 4 nitrogen and oxygen atoms in total. The van der Waals surface area contributed by atoms with Crippen LogP contribution in [0.4, 0.5) is 0 Å². The molecule has 0 radical (unpaired) electrons. The number of phosphoric acid groups is 1. The molecule has 0 atom stereocenters. The van der Waals surface area contributed by atoms with Crippen molar-refractivity contribution < 1.29 is 18.5 Å². The Hall–Kier alpha value is -1.85. The second-order valence-electron chi connectivity index (χ2n) is 6.26. The van der Waals surface area contributed by atoms with Crippen LogP contribution in [-0.4, -0.2) is 4.89 Å². The van der Waals surface area contributed by atoms with Crippen LogP contribution < -0.4 is 9.05 Å². The fourth-order valence-corrected chi connectivity index (χ4v) is 5.09. The van der Waals surface area contributed by atoms with Crippen LogP contribution in [0.1, 0.15) is 0 Å². The van der Waals surface area contributed by atoms with Crippen molar-refractivity contribution in [3.63, 3.8) is 0 Å². The molecule has 1 heterocycles. The summed E-state index contributed by atoms with van der Waals surface area (Å²) in [6.07, 6.45) is 0. The molecule has 0 aromatic heterocycles. The Balaban J connectivity index is 1.99. The quantitative estimate of drug-likeness (QED) is 0.260. The molecule has 1 N–H and O–H groups in total. The van der Waals surface area contributed by atoms with Gasteiger partial charge in [0.25, 0.3) is 0 Å². The average molecular weight is 506 g/mol. The molecule has 0 spiro atoms. The van der Waals surface area contributed by atoms with Crippen molar-refractivity contribution in [1.82, 2.24) is 0 Å². The van der Waals surface area contributed by atoms with Crippen LogP contribution in [0.5, 0.6) is 11.5 Å². The molecule has 4 aromatic carbocycles. The summed E-state index contributed by atoms with van der Waals surface area (Å²) in [5, 5.41) is 3.80. The minimum absolute atomic E-state index is 0.324. The highest BCUT2D eigenvalue weighted by Gasteiger charge is 2.33. The smallest absolute Gasteiger partial charge is 0.395 e. The summed E-state index contributed by atoms with van der Waals surface area (Å²) < 4.78 is 25.2. The van der Waals surface area contributed by atoms with Crippen LogP contribution in [0.3, 0.4) is 0 Å². The number of hydrogen-bond donors (Lipinski definition) is 1. The van der Waals surface area contributed by atoms with E-state index in [0.29, 0.717) is 11.5 Å². The fraction of sp³-hybridized carbons (Fsp3) is 0. The van der Waals surface area contributed by atoms with E-state index >= 15 is 0 Å². The molecule has 134 valence electrons. The summed E-state index contributed by atoms with van der Waals surface area (Å²) in [6.45, 7) is 0. The van der Waals surface area contributed by atoms with Crippen LogP contribution in [-0.2, 0) is 4.57 Å². The molecular formula is C20H11Br2O4P. The van der Waals surface area contributed by atoms with Gasteiger partial charge in [-0.25, -0.2) is 4.57 Å². The summed E-state index contributed by atoms with van der Waals surface area (Å²) in [5.41, 5.74) is 1.49. The van der Waals surface area contributed by atoms with Gasteiger partial charge in [-0.15, -0.1) is 0 Å². The minimum Gasteiger partial charge on any atom is -0.395 e. The predicted octanol–water partition coefficient (Wildman–Crippen LogP) is 7.06. The highest BCUT2D eigenvalue weighted by atomic mass is 79.9. The highest BCUT2D eigenvalue weighted by molar-refractivity contribution is 9.10. The van der Waals surface area contributed by atoms with Gasteiger partial charge in [-0.1, -0.05) is 56.1 Å². The maximum absolute atomic E-state index is 12.5. The molecule has 7 heteroatoms. The maximum atomic E-state index is 12.5. The number of benzene rings is 4. The van der Waals surface area contributed by atoms with Gasteiger partial charge in [0.1, 0.15) is 11.5 Å². The van der Waals surface area contributed by atoms with Crippen molar-refractivity contribution in [2.75, 3.05) is 0 Å². The summed E-state index contributed by atoms with van der Waals surface area (Å²) in [5.74, 6) is 0.648. The van der Waals surface area contributed by atoms with Crippen LogP contribution >= 0.6 is 39.7 Å². The molecule has 5 rings (SSSR count). The third-order valence-corrected chi connectivity index (χ3v) is 6.41. The second-order valence-corrected chi connectivity index (χ2v) is 9.39. The number of phosphoric ester groups is 1. The van der Waals surface area contributed by atoms with Gasteiger partial charge in [0.15, 0.2) is 0 Å².